The minimum absolute atomic E-state index is 0.00518. The van der Waals surface area contributed by atoms with Crippen LogP contribution in [0.2, 0.25) is 18.1 Å². The second-order valence-corrected chi connectivity index (χ2v) is 31.2. The van der Waals surface area contributed by atoms with E-state index in [1.807, 2.05) is 51.5 Å². The molecule has 0 bridgehead atoms. The van der Waals surface area contributed by atoms with Gasteiger partial charge in [-0.05, 0) is 136 Å². The maximum Gasteiger partial charge on any atom is 0.331 e. The van der Waals surface area contributed by atoms with Crippen molar-refractivity contribution in [2.24, 2.45) is 41.4 Å². The normalized spacial score (nSPS) is 26.8. The predicted octanol–water partition coefficient (Wildman–Crippen LogP) is 14.8. The van der Waals surface area contributed by atoms with Crippen molar-refractivity contribution >= 4 is 43.8 Å². The van der Waals surface area contributed by atoms with Crippen LogP contribution in [0.3, 0.4) is 0 Å². The maximum absolute atomic E-state index is 14.0. The van der Waals surface area contributed by atoms with Crippen LogP contribution in [-0.4, -0.2) is 140 Å². The third-order valence-corrected chi connectivity index (χ3v) is 22.4. The smallest absolute Gasteiger partial charge is 0.331 e. The summed E-state index contributed by atoms with van der Waals surface area (Å²) in [5.41, 5.74) is 2.12. The van der Waals surface area contributed by atoms with Crippen LogP contribution in [0, 0.1) is 41.4 Å². The molecule has 478 valence electrons. The van der Waals surface area contributed by atoms with E-state index >= 15 is 0 Å². The third-order valence-electron chi connectivity index (χ3n) is 17.2. The van der Waals surface area contributed by atoms with Gasteiger partial charge in [0.2, 0.25) is 0 Å². The molecule has 2 rings (SSSR count). The Morgan fingerprint density at radius 3 is 2.14 bits per heavy atom. The lowest BCUT2D eigenvalue weighted by molar-refractivity contribution is -0.164. The van der Waals surface area contributed by atoms with Gasteiger partial charge in [0.25, 0.3) is 0 Å². The van der Waals surface area contributed by atoms with Crippen LogP contribution in [0.1, 0.15) is 146 Å². The van der Waals surface area contributed by atoms with Crippen LogP contribution in [0.15, 0.2) is 66.3 Å². The van der Waals surface area contributed by atoms with Crippen molar-refractivity contribution in [3.05, 3.63) is 71.9 Å². The van der Waals surface area contributed by atoms with Crippen molar-refractivity contribution in [2.45, 2.75) is 214 Å². The van der Waals surface area contributed by atoms with E-state index in [0.717, 1.165) is 31.2 Å². The number of cyclic esters (lactones) is 1. The molecule has 0 unspecified atom stereocenters. The van der Waals surface area contributed by atoms with Gasteiger partial charge in [-0.1, -0.05) is 112 Å². The van der Waals surface area contributed by atoms with Crippen LogP contribution in [0.25, 0.3) is 0 Å². The van der Waals surface area contributed by atoms with E-state index < -0.39 is 38.6 Å². The molecular weight excluding hydrogens is 1110 g/mol. The highest BCUT2D eigenvalue weighted by molar-refractivity contribution is 7.98. The fourth-order valence-electron chi connectivity index (χ4n) is 10.8. The quantitative estimate of drug-likeness (QED) is 0.0265. The summed E-state index contributed by atoms with van der Waals surface area (Å²) in [4.78, 5) is 26.6. The molecule has 14 nitrogen and oxygen atoms in total. The van der Waals surface area contributed by atoms with Gasteiger partial charge in [-0.2, -0.15) is 0 Å². The van der Waals surface area contributed by atoms with Crippen molar-refractivity contribution in [2.75, 3.05) is 66.2 Å². The van der Waals surface area contributed by atoms with E-state index in [4.69, 9.17) is 51.8 Å². The number of ether oxygens (including phenoxy) is 10. The first-order valence-electron chi connectivity index (χ1n) is 30.3. The molecule has 83 heavy (non-hydrogen) atoms. The number of aliphatic hydroxyl groups excluding tert-OH is 1. The monoisotopic (exact) mass is 1220 g/mol. The standard InChI is InChI=1S/C66H114O14S2Si/c1-45-29-30-46(2)56(71-14)34-31-48(4)65(80-83(19,20)66(10,11)12)51(7)57(76-43-81-17)26-22-21-23-28-62(69)79-59(27-24-25-55(39-45)70-13)52(8)63(77-44-82-18)47(3)32-35-58(50(6)64(78-53(9)68)49(5)37-38-67)75-42-74-41-54-33-36-60(72-15)61(40-54)73-16/h21-25,28,30,33,36,40,45,47-52,55-59,63-65,67H,26-27,29,31-32,34-35,37-39,41-44H2,1-20H3/b22-21+,25-24+,28-23+,46-30+/t45-,47+,48-,49-,50+,51-,52-,55+,56+,57-,58-,59+,63+,64-,65-/m1/s1. The van der Waals surface area contributed by atoms with Crippen LogP contribution in [-0.2, 0) is 58.5 Å². The van der Waals surface area contributed by atoms with Crippen LogP contribution in [0.4, 0.5) is 0 Å². The molecule has 1 heterocycles. The van der Waals surface area contributed by atoms with Gasteiger partial charge in [0.1, 0.15) is 19.0 Å². The second-order valence-electron chi connectivity index (χ2n) is 24.8. The van der Waals surface area contributed by atoms with Gasteiger partial charge in [0.05, 0.1) is 69.3 Å². The molecule has 1 N–H and O–H groups in total. The van der Waals surface area contributed by atoms with Crippen LogP contribution in [0.5, 0.6) is 11.5 Å². The Bertz CT molecular complexity index is 2080. The van der Waals surface area contributed by atoms with Gasteiger partial charge >= 0.3 is 11.9 Å². The van der Waals surface area contributed by atoms with Crippen molar-refractivity contribution in [3.63, 3.8) is 0 Å². The lowest BCUT2D eigenvalue weighted by Gasteiger charge is -2.44. The highest BCUT2D eigenvalue weighted by atomic mass is 32.2. The average molecular weight is 1220 g/mol. The Morgan fingerprint density at radius 1 is 0.843 bits per heavy atom. The summed E-state index contributed by atoms with van der Waals surface area (Å²) < 4.78 is 69.0. The number of carbonyl (C=O) groups excluding carboxylic acids is 2. The molecule has 1 aliphatic heterocycles. The molecule has 1 aliphatic rings. The van der Waals surface area contributed by atoms with E-state index in [-0.39, 0.29) is 91.1 Å². The predicted molar refractivity (Wildman–Crippen MR) is 344 cm³/mol. The summed E-state index contributed by atoms with van der Waals surface area (Å²) in [6.07, 6.45) is 22.1. The summed E-state index contributed by atoms with van der Waals surface area (Å²) in [6, 6.07) is 5.63. The van der Waals surface area contributed by atoms with Gasteiger partial charge < -0.3 is 56.9 Å². The third kappa shape index (κ3) is 27.5. The SMILES string of the molecule is COc1ccc(COCO[C@H](CC[C@H](C)[C@H](OCSC)[C@H](C)[C@@H]2C/C=C/[C@H](OC)C[C@H](C)C/C=C(\C)[C@@H](OC)CC[C@@H](C)[C@@H](O[Si](C)(C)C(C)(C)C)[C@H](C)[C@H](OCSC)C/C=C/C=C/C(=O)O2)[C@H](C)[C@H](OC(C)=O)[C@H](C)CCO)cc1OC. The topological polar surface area (TPSA) is 156 Å². The van der Waals surface area contributed by atoms with E-state index in [2.05, 4.69) is 106 Å². The first-order chi connectivity index (χ1) is 39.3. The number of hydrogen-bond donors (Lipinski definition) is 1. The highest BCUT2D eigenvalue weighted by Crippen LogP contribution is 2.41. The zero-order chi connectivity index (χ0) is 62.3. The number of benzene rings is 1. The molecule has 17 heteroatoms. The van der Waals surface area contributed by atoms with E-state index in [0.29, 0.717) is 61.4 Å². The van der Waals surface area contributed by atoms with Crippen molar-refractivity contribution < 1.29 is 66.5 Å². The molecule has 15 atom stereocenters. The Hall–Kier alpha value is -2.68. The molecule has 0 fully saturated rings. The van der Waals surface area contributed by atoms with Gasteiger partial charge in [-0.15, -0.1) is 23.5 Å². The maximum atomic E-state index is 14.0. The minimum Gasteiger partial charge on any atom is -0.493 e. The molecular formula is C66H114O14S2Si. The summed E-state index contributed by atoms with van der Waals surface area (Å²) in [5, 5.41) is 9.98. The number of hydrogen-bond acceptors (Lipinski definition) is 16. The number of allylic oxidation sites excluding steroid dienone is 3. The van der Waals surface area contributed by atoms with E-state index in [1.165, 1.54) is 18.6 Å². The number of carbonyl (C=O) groups is 2. The number of methoxy groups -OCH3 is 4. The van der Waals surface area contributed by atoms with Gasteiger partial charge in [-0.25, -0.2) is 4.79 Å². The lowest BCUT2D eigenvalue weighted by atomic mass is 9.81. The van der Waals surface area contributed by atoms with Gasteiger partial charge in [0.15, 0.2) is 19.8 Å². The van der Waals surface area contributed by atoms with E-state index in [9.17, 15) is 14.7 Å². The molecule has 0 spiro atoms. The summed E-state index contributed by atoms with van der Waals surface area (Å²) >= 11 is 3.26. The number of rotatable bonds is 29. The summed E-state index contributed by atoms with van der Waals surface area (Å²) in [7, 11) is 4.57. The molecule has 1 aromatic carbocycles. The number of esters is 2. The Labute approximate surface area is 513 Å². The number of aliphatic hydroxyl groups is 1. The van der Waals surface area contributed by atoms with Crippen LogP contribution < -0.4 is 9.47 Å². The second kappa shape index (κ2) is 40.7. The molecule has 0 amide bonds. The lowest BCUT2D eigenvalue weighted by Crippen LogP contribution is -2.49. The van der Waals surface area contributed by atoms with Crippen molar-refractivity contribution in [3.8, 4) is 11.5 Å². The zero-order valence-electron chi connectivity index (χ0n) is 54.9. The Kier molecular flexibility index (Phi) is 37.5. The molecule has 0 aliphatic carbocycles. The van der Waals surface area contributed by atoms with Crippen molar-refractivity contribution in [1.29, 1.82) is 0 Å². The zero-order valence-corrected chi connectivity index (χ0v) is 57.5. The number of thioether (sulfide) groups is 2. The molecule has 0 aromatic heterocycles. The van der Waals surface area contributed by atoms with E-state index in [1.54, 1.807) is 50.9 Å². The highest BCUT2D eigenvalue weighted by Gasteiger charge is 2.43. The largest absolute Gasteiger partial charge is 0.493 e. The fraction of sp³-hybridized carbons (Fsp3) is 0.758. The minimum atomic E-state index is -2.19. The van der Waals surface area contributed by atoms with Gasteiger partial charge in [0, 0.05) is 58.0 Å². The van der Waals surface area contributed by atoms with Crippen molar-refractivity contribution in [1.82, 2.24) is 0 Å². The summed E-state index contributed by atoms with van der Waals surface area (Å²) in [6.45, 7) is 30.5. The molecule has 0 saturated heterocycles. The first kappa shape index (κ1) is 76.4. The first-order valence-corrected chi connectivity index (χ1v) is 36.0. The fourth-order valence-corrected chi connectivity index (χ4v) is 12.9. The summed E-state index contributed by atoms with van der Waals surface area (Å²) in [5.74, 6) is 1.37. The average Bonchev–Trinajstić information content (AvgIpc) is 3.59. The molecule has 0 saturated carbocycles. The molecule has 1 aromatic rings. The van der Waals surface area contributed by atoms with Crippen LogP contribution >= 0.6 is 23.5 Å². The Morgan fingerprint density at radius 2 is 1.53 bits per heavy atom. The molecule has 0 radical (unpaired) electrons. The van der Waals surface area contributed by atoms with Gasteiger partial charge in [-0.3, -0.25) is 4.79 Å². The Balaban J connectivity index is 2.62.